The van der Waals surface area contributed by atoms with Crippen molar-refractivity contribution in [3.05, 3.63) is 0 Å². The number of hydrogen-bond donors (Lipinski definition) is 2. The summed E-state index contributed by atoms with van der Waals surface area (Å²) in [5.74, 6) is 1.90. The Morgan fingerprint density at radius 2 is 1.67 bits per heavy atom. The van der Waals surface area contributed by atoms with Crippen molar-refractivity contribution < 1.29 is 9.47 Å². The average Bonchev–Trinajstić information content (AvgIpc) is 2.60. The molecule has 2 N–H and O–H groups in total. The summed E-state index contributed by atoms with van der Waals surface area (Å²) in [5.41, 5.74) is 0. The second kappa shape index (κ2) is 17.7. The number of nitrogens with one attached hydrogen (secondary N) is 2. The first-order valence-corrected chi connectivity index (χ1v) is 9.38. The van der Waals surface area contributed by atoms with E-state index < -0.39 is 0 Å². The zero-order valence-electron chi connectivity index (χ0n) is 15.6. The van der Waals surface area contributed by atoms with Gasteiger partial charge in [0.05, 0.1) is 13.2 Å². The lowest BCUT2D eigenvalue weighted by Crippen LogP contribution is -2.38. The van der Waals surface area contributed by atoms with Crippen molar-refractivity contribution in [2.45, 2.75) is 57.8 Å². The Bertz CT molecular complexity index is 298. The number of guanidine groups is 1. The molecule has 1 fully saturated rings. The van der Waals surface area contributed by atoms with E-state index in [1.807, 2.05) is 7.05 Å². The van der Waals surface area contributed by atoms with Gasteiger partial charge in [0.25, 0.3) is 0 Å². The molecule has 0 aliphatic heterocycles. The highest BCUT2D eigenvalue weighted by Crippen LogP contribution is 2.26. The summed E-state index contributed by atoms with van der Waals surface area (Å²) in [6.07, 6.45) is 12.0. The molecule has 6 heteroatoms. The number of aliphatic imine (C=N–C) groups is 1. The molecule has 0 bridgehead atoms. The van der Waals surface area contributed by atoms with Crippen LogP contribution in [0.25, 0.3) is 0 Å². The molecule has 0 aromatic rings. The smallest absolute Gasteiger partial charge is 0.190 e. The van der Waals surface area contributed by atoms with Crippen molar-refractivity contribution in [2.75, 3.05) is 47.1 Å². The minimum atomic E-state index is 0. The lowest BCUT2D eigenvalue weighted by Gasteiger charge is -2.21. The van der Waals surface area contributed by atoms with Crippen molar-refractivity contribution in [1.82, 2.24) is 10.6 Å². The molecule has 5 nitrogen and oxygen atoms in total. The van der Waals surface area contributed by atoms with Crippen LogP contribution in [-0.4, -0.2) is 53.0 Å². The lowest BCUT2D eigenvalue weighted by atomic mass is 9.86. The highest BCUT2D eigenvalue weighted by atomic mass is 127. The van der Waals surface area contributed by atoms with Crippen LogP contribution in [0, 0.1) is 5.92 Å². The normalized spacial score (nSPS) is 15.8. The van der Waals surface area contributed by atoms with Crippen molar-refractivity contribution in [3.63, 3.8) is 0 Å². The monoisotopic (exact) mass is 455 g/mol. The average molecular weight is 455 g/mol. The second-order valence-electron chi connectivity index (χ2n) is 6.38. The van der Waals surface area contributed by atoms with Crippen LogP contribution in [0.4, 0.5) is 0 Å². The maximum absolute atomic E-state index is 5.45. The van der Waals surface area contributed by atoms with Gasteiger partial charge in [0.15, 0.2) is 5.96 Å². The molecule has 0 spiro atoms. The van der Waals surface area contributed by atoms with Crippen LogP contribution >= 0.6 is 24.0 Å². The minimum absolute atomic E-state index is 0. The molecule has 1 saturated carbocycles. The van der Waals surface area contributed by atoms with Crippen molar-refractivity contribution >= 4 is 29.9 Å². The minimum Gasteiger partial charge on any atom is -0.382 e. The number of ether oxygens (including phenoxy) is 2. The van der Waals surface area contributed by atoms with Gasteiger partial charge in [0, 0.05) is 33.9 Å². The van der Waals surface area contributed by atoms with Gasteiger partial charge in [0.1, 0.15) is 0 Å². The van der Waals surface area contributed by atoms with Gasteiger partial charge in [-0.1, -0.05) is 32.1 Å². The number of rotatable bonds is 12. The highest BCUT2D eigenvalue weighted by molar-refractivity contribution is 14.0. The molecule has 24 heavy (non-hydrogen) atoms. The van der Waals surface area contributed by atoms with Gasteiger partial charge in [-0.15, -0.1) is 24.0 Å². The van der Waals surface area contributed by atoms with Gasteiger partial charge in [0.2, 0.25) is 0 Å². The quantitative estimate of drug-likeness (QED) is 0.205. The van der Waals surface area contributed by atoms with E-state index in [0.717, 1.165) is 44.4 Å². The van der Waals surface area contributed by atoms with Crippen LogP contribution in [0.2, 0.25) is 0 Å². The summed E-state index contributed by atoms with van der Waals surface area (Å²) in [5, 5.41) is 6.79. The predicted molar refractivity (Wildman–Crippen MR) is 113 cm³/mol. The summed E-state index contributed by atoms with van der Waals surface area (Å²) in [6.45, 7) is 4.13. The molecule has 1 aliphatic carbocycles. The molecule has 144 valence electrons. The van der Waals surface area contributed by atoms with Crippen molar-refractivity contribution in [1.29, 1.82) is 0 Å². The SMILES string of the molecule is CN=C(NCCCCOCCOC)NCCCC1CCCCC1.I. The third kappa shape index (κ3) is 13.2. The van der Waals surface area contributed by atoms with E-state index in [0.29, 0.717) is 13.2 Å². The Morgan fingerprint density at radius 3 is 2.33 bits per heavy atom. The highest BCUT2D eigenvalue weighted by Gasteiger charge is 2.12. The van der Waals surface area contributed by atoms with Gasteiger partial charge in [-0.3, -0.25) is 4.99 Å². The second-order valence-corrected chi connectivity index (χ2v) is 6.38. The molecular weight excluding hydrogens is 417 g/mol. The molecule has 0 heterocycles. The maximum Gasteiger partial charge on any atom is 0.190 e. The lowest BCUT2D eigenvalue weighted by molar-refractivity contribution is 0.0689. The summed E-state index contributed by atoms with van der Waals surface area (Å²) in [7, 11) is 3.53. The zero-order chi connectivity index (χ0) is 16.6. The fourth-order valence-electron chi connectivity index (χ4n) is 3.07. The van der Waals surface area contributed by atoms with Gasteiger partial charge >= 0.3 is 0 Å². The third-order valence-electron chi connectivity index (χ3n) is 4.47. The topological polar surface area (TPSA) is 54.9 Å². The number of hydrogen-bond acceptors (Lipinski definition) is 3. The molecular formula is C18H38IN3O2. The first-order chi connectivity index (χ1) is 11.4. The Kier molecular flexibility index (Phi) is 17.7. The van der Waals surface area contributed by atoms with Crippen LogP contribution < -0.4 is 10.6 Å². The van der Waals surface area contributed by atoms with Crippen LogP contribution in [0.3, 0.4) is 0 Å². The zero-order valence-corrected chi connectivity index (χ0v) is 18.0. The Labute approximate surface area is 165 Å². The van der Waals surface area contributed by atoms with Crippen LogP contribution in [-0.2, 0) is 9.47 Å². The molecule has 1 rings (SSSR count). The fourth-order valence-corrected chi connectivity index (χ4v) is 3.07. The molecule has 1 aliphatic rings. The van der Waals surface area contributed by atoms with Gasteiger partial charge < -0.3 is 20.1 Å². The van der Waals surface area contributed by atoms with Gasteiger partial charge in [-0.2, -0.15) is 0 Å². The standard InChI is InChI=1S/C18H37N3O2.HI/c1-19-18(20-12-6-7-14-23-16-15-22-2)21-13-8-11-17-9-4-3-5-10-17;/h17H,3-16H2,1-2H3,(H2,19,20,21);1H. The van der Waals surface area contributed by atoms with E-state index in [1.165, 1.54) is 44.9 Å². The van der Waals surface area contributed by atoms with E-state index in [1.54, 1.807) is 7.11 Å². The van der Waals surface area contributed by atoms with Crippen LogP contribution in [0.1, 0.15) is 57.8 Å². The Balaban J connectivity index is 0.00000529. The van der Waals surface area contributed by atoms with E-state index in [2.05, 4.69) is 15.6 Å². The maximum atomic E-state index is 5.45. The first kappa shape index (κ1) is 23.9. The van der Waals surface area contributed by atoms with Crippen molar-refractivity contribution in [2.24, 2.45) is 10.9 Å². The van der Waals surface area contributed by atoms with E-state index in [9.17, 15) is 0 Å². The van der Waals surface area contributed by atoms with Gasteiger partial charge in [-0.05, 0) is 31.6 Å². The van der Waals surface area contributed by atoms with Crippen LogP contribution in [0.5, 0.6) is 0 Å². The summed E-state index contributed by atoms with van der Waals surface area (Å²) in [4.78, 5) is 4.28. The van der Waals surface area contributed by atoms with Crippen LogP contribution in [0.15, 0.2) is 4.99 Å². The number of halogens is 1. The summed E-state index contributed by atoms with van der Waals surface area (Å²) >= 11 is 0. The molecule has 0 atom stereocenters. The summed E-state index contributed by atoms with van der Waals surface area (Å²) in [6, 6.07) is 0. The van der Waals surface area contributed by atoms with Crippen molar-refractivity contribution in [3.8, 4) is 0 Å². The summed E-state index contributed by atoms with van der Waals surface area (Å²) < 4.78 is 10.4. The fraction of sp³-hybridized carbons (Fsp3) is 0.944. The number of methoxy groups -OCH3 is 1. The Hall–Kier alpha value is -0.0800. The van der Waals surface area contributed by atoms with Gasteiger partial charge in [-0.25, -0.2) is 0 Å². The predicted octanol–water partition coefficient (Wildman–Crippen LogP) is 3.57. The van der Waals surface area contributed by atoms with E-state index in [-0.39, 0.29) is 24.0 Å². The Morgan fingerprint density at radius 1 is 0.958 bits per heavy atom. The van der Waals surface area contributed by atoms with E-state index >= 15 is 0 Å². The first-order valence-electron chi connectivity index (χ1n) is 9.38. The molecule has 0 unspecified atom stereocenters. The molecule has 0 amide bonds. The molecule has 0 aromatic carbocycles. The third-order valence-corrected chi connectivity index (χ3v) is 4.47. The largest absolute Gasteiger partial charge is 0.382 e. The van der Waals surface area contributed by atoms with E-state index in [4.69, 9.17) is 9.47 Å². The molecule has 0 radical (unpaired) electrons. The number of nitrogens with zero attached hydrogens (tertiary/aromatic N) is 1. The molecule has 0 aromatic heterocycles. The molecule has 0 saturated heterocycles. The number of unbranched alkanes of at least 4 members (excludes halogenated alkanes) is 1.